The van der Waals surface area contributed by atoms with Gasteiger partial charge in [-0.3, -0.25) is 4.79 Å². The predicted molar refractivity (Wildman–Crippen MR) is 76.9 cm³/mol. The molecule has 0 spiro atoms. The third-order valence-electron chi connectivity index (χ3n) is 3.97. The van der Waals surface area contributed by atoms with Gasteiger partial charge in [0.05, 0.1) is 0 Å². The van der Waals surface area contributed by atoms with E-state index in [0.717, 1.165) is 32.5 Å². The molecule has 1 aliphatic rings. The van der Waals surface area contributed by atoms with Gasteiger partial charge >= 0.3 is 0 Å². The molecule has 0 bridgehead atoms. The van der Waals surface area contributed by atoms with E-state index >= 15 is 0 Å². The van der Waals surface area contributed by atoms with Crippen LogP contribution in [0.3, 0.4) is 0 Å². The number of amides is 1. The molecule has 1 fully saturated rings. The Morgan fingerprint density at radius 1 is 1.37 bits per heavy atom. The van der Waals surface area contributed by atoms with Crippen molar-refractivity contribution in [3.05, 3.63) is 24.0 Å². The van der Waals surface area contributed by atoms with E-state index in [4.69, 9.17) is 5.73 Å². The van der Waals surface area contributed by atoms with Crippen LogP contribution in [0.25, 0.3) is 0 Å². The van der Waals surface area contributed by atoms with Crippen LogP contribution in [0.15, 0.2) is 18.3 Å². The number of H-pyrrole nitrogens is 1. The van der Waals surface area contributed by atoms with Crippen molar-refractivity contribution in [3.8, 4) is 0 Å². The molecular formula is C15H25N3O. The lowest BCUT2D eigenvalue weighted by atomic mass is 10.00. The maximum atomic E-state index is 12.1. The first-order chi connectivity index (χ1) is 9.31. The number of aromatic nitrogens is 1. The Labute approximate surface area is 115 Å². The van der Waals surface area contributed by atoms with Crippen molar-refractivity contribution < 1.29 is 4.79 Å². The minimum Gasteiger partial charge on any atom is -0.357 e. The predicted octanol–water partition coefficient (Wildman–Crippen LogP) is 2.39. The van der Waals surface area contributed by atoms with Crippen LogP contribution in [0.4, 0.5) is 0 Å². The molecule has 0 aromatic carbocycles. The molecule has 2 rings (SSSR count). The lowest BCUT2D eigenvalue weighted by Gasteiger charge is -2.15. The normalized spacial score (nSPS) is 19.0. The highest BCUT2D eigenvalue weighted by atomic mass is 16.2. The van der Waals surface area contributed by atoms with Crippen molar-refractivity contribution in [3.63, 3.8) is 0 Å². The van der Waals surface area contributed by atoms with Gasteiger partial charge in [0, 0.05) is 19.3 Å². The fourth-order valence-corrected chi connectivity index (χ4v) is 2.82. The van der Waals surface area contributed by atoms with Crippen LogP contribution in [0, 0.1) is 5.92 Å². The number of nitrogens with one attached hydrogen (secondary N) is 1. The summed E-state index contributed by atoms with van der Waals surface area (Å²) < 4.78 is 0. The number of rotatable bonds is 7. The Balaban J connectivity index is 1.67. The van der Waals surface area contributed by atoms with Crippen LogP contribution in [0.1, 0.15) is 49.0 Å². The first-order valence-electron chi connectivity index (χ1n) is 7.44. The molecule has 1 saturated heterocycles. The van der Waals surface area contributed by atoms with Crippen molar-refractivity contribution in [1.82, 2.24) is 9.88 Å². The van der Waals surface area contributed by atoms with E-state index < -0.39 is 0 Å². The quantitative estimate of drug-likeness (QED) is 0.742. The second kappa shape index (κ2) is 7.34. The molecular weight excluding hydrogens is 238 g/mol. The Morgan fingerprint density at radius 3 is 2.95 bits per heavy atom. The van der Waals surface area contributed by atoms with Gasteiger partial charge in [-0.1, -0.05) is 19.3 Å². The average Bonchev–Trinajstić information content (AvgIpc) is 3.09. The lowest BCUT2D eigenvalue weighted by Crippen LogP contribution is -2.28. The first-order valence-corrected chi connectivity index (χ1v) is 7.44. The number of carbonyl (C=O) groups excluding carboxylic acids is 1. The first kappa shape index (κ1) is 14.1. The summed E-state index contributed by atoms with van der Waals surface area (Å²) in [5.74, 6) is 0.840. The Kier molecular flexibility index (Phi) is 5.45. The molecule has 106 valence electrons. The van der Waals surface area contributed by atoms with E-state index in [1.165, 1.54) is 25.7 Å². The van der Waals surface area contributed by atoms with Crippen LogP contribution >= 0.6 is 0 Å². The van der Waals surface area contributed by atoms with Gasteiger partial charge in [-0.2, -0.15) is 0 Å². The van der Waals surface area contributed by atoms with Crippen LogP contribution in [-0.4, -0.2) is 35.4 Å². The zero-order valence-corrected chi connectivity index (χ0v) is 11.6. The SMILES string of the molecule is NCCCCCCC1CCN(C(=O)c2ccc[nH]2)C1. The second-order valence-electron chi connectivity index (χ2n) is 5.48. The highest BCUT2D eigenvalue weighted by molar-refractivity contribution is 5.92. The molecule has 4 nitrogen and oxygen atoms in total. The van der Waals surface area contributed by atoms with Gasteiger partial charge in [-0.25, -0.2) is 0 Å². The summed E-state index contributed by atoms with van der Waals surface area (Å²) in [4.78, 5) is 17.1. The summed E-state index contributed by atoms with van der Waals surface area (Å²) in [6.07, 6.45) is 9.14. The standard InChI is InChI=1S/C15H25N3O/c16-9-4-2-1-3-6-13-8-11-18(12-13)15(19)14-7-5-10-17-14/h5,7,10,13,17H,1-4,6,8-9,11-12,16H2. The number of nitrogens with two attached hydrogens (primary N) is 1. The Morgan fingerprint density at radius 2 is 2.21 bits per heavy atom. The number of hydrogen-bond acceptors (Lipinski definition) is 2. The summed E-state index contributed by atoms with van der Waals surface area (Å²) in [7, 11) is 0. The Hall–Kier alpha value is -1.29. The number of aromatic amines is 1. The molecule has 1 atom stereocenters. The smallest absolute Gasteiger partial charge is 0.270 e. The fourth-order valence-electron chi connectivity index (χ4n) is 2.82. The average molecular weight is 263 g/mol. The maximum Gasteiger partial charge on any atom is 0.270 e. The van der Waals surface area contributed by atoms with Crippen molar-refractivity contribution >= 4 is 5.91 Å². The van der Waals surface area contributed by atoms with Gasteiger partial charge in [-0.15, -0.1) is 0 Å². The van der Waals surface area contributed by atoms with E-state index in [1.54, 1.807) is 6.20 Å². The molecule has 1 aromatic heterocycles. The fraction of sp³-hybridized carbons (Fsp3) is 0.667. The molecule has 2 heterocycles. The summed E-state index contributed by atoms with van der Waals surface area (Å²) in [5, 5.41) is 0. The van der Waals surface area contributed by atoms with Gasteiger partial charge in [0.15, 0.2) is 0 Å². The van der Waals surface area contributed by atoms with Crippen LogP contribution < -0.4 is 5.73 Å². The summed E-state index contributed by atoms with van der Waals surface area (Å²) in [5.41, 5.74) is 6.20. The minimum absolute atomic E-state index is 0.149. The molecule has 19 heavy (non-hydrogen) atoms. The van der Waals surface area contributed by atoms with E-state index in [1.807, 2.05) is 17.0 Å². The van der Waals surface area contributed by atoms with E-state index in [-0.39, 0.29) is 5.91 Å². The zero-order chi connectivity index (χ0) is 13.5. The molecule has 1 unspecified atom stereocenters. The number of unbranched alkanes of at least 4 members (excludes halogenated alkanes) is 3. The summed E-state index contributed by atoms with van der Waals surface area (Å²) in [6.45, 7) is 2.64. The lowest BCUT2D eigenvalue weighted by molar-refractivity contribution is 0.0781. The zero-order valence-electron chi connectivity index (χ0n) is 11.6. The van der Waals surface area contributed by atoms with Crippen LogP contribution in [-0.2, 0) is 0 Å². The van der Waals surface area contributed by atoms with Gasteiger partial charge in [0.1, 0.15) is 5.69 Å². The van der Waals surface area contributed by atoms with Crippen LogP contribution in [0.5, 0.6) is 0 Å². The van der Waals surface area contributed by atoms with E-state index in [2.05, 4.69) is 4.98 Å². The molecule has 1 amide bonds. The van der Waals surface area contributed by atoms with Gasteiger partial charge in [0.2, 0.25) is 0 Å². The maximum absolute atomic E-state index is 12.1. The number of carbonyl (C=O) groups is 1. The monoisotopic (exact) mass is 263 g/mol. The molecule has 4 heteroatoms. The highest BCUT2D eigenvalue weighted by Gasteiger charge is 2.26. The minimum atomic E-state index is 0.149. The topological polar surface area (TPSA) is 62.1 Å². The summed E-state index contributed by atoms with van der Waals surface area (Å²) >= 11 is 0. The molecule has 0 aliphatic carbocycles. The molecule has 1 aromatic rings. The van der Waals surface area contributed by atoms with Crippen LogP contribution in [0.2, 0.25) is 0 Å². The third kappa shape index (κ3) is 4.10. The van der Waals surface area contributed by atoms with Gasteiger partial charge in [0.25, 0.3) is 5.91 Å². The number of hydrogen-bond donors (Lipinski definition) is 2. The Bertz CT molecular complexity index is 375. The third-order valence-corrected chi connectivity index (χ3v) is 3.97. The van der Waals surface area contributed by atoms with Crippen molar-refractivity contribution in [2.75, 3.05) is 19.6 Å². The van der Waals surface area contributed by atoms with Gasteiger partial charge < -0.3 is 15.6 Å². The van der Waals surface area contributed by atoms with Crippen molar-refractivity contribution in [2.45, 2.75) is 38.5 Å². The molecule has 0 radical (unpaired) electrons. The van der Waals surface area contributed by atoms with E-state index in [0.29, 0.717) is 11.6 Å². The largest absolute Gasteiger partial charge is 0.357 e. The summed E-state index contributed by atoms with van der Waals surface area (Å²) in [6, 6.07) is 3.72. The van der Waals surface area contributed by atoms with Crippen molar-refractivity contribution in [1.29, 1.82) is 0 Å². The van der Waals surface area contributed by atoms with Crippen molar-refractivity contribution in [2.24, 2.45) is 11.7 Å². The molecule has 1 aliphatic heterocycles. The highest BCUT2D eigenvalue weighted by Crippen LogP contribution is 2.23. The number of likely N-dealkylation sites (tertiary alicyclic amines) is 1. The molecule has 3 N–H and O–H groups in total. The van der Waals surface area contributed by atoms with E-state index in [9.17, 15) is 4.79 Å². The number of nitrogens with zero attached hydrogens (tertiary/aromatic N) is 1. The molecule has 0 saturated carbocycles. The second-order valence-corrected chi connectivity index (χ2v) is 5.48. The van der Waals surface area contributed by atoms with Gasteiger partial charge in [-0.05, 0) is 43.9 Å².